The van der Waals surface area contributed by atoms with E-state index in [4.69, 9.17) is 50.1 Å². The first-order chi connectivity index (χ1) is 43.3. The van der Waals surface area contributed by atoms with E-state index in [0.29, 0.717) is 44.9 Å². The van der Waals surface area contributed by atoms with Gasteiger partial charge in [0.1, 0.15) is 94.9 Å². The maximum atomic E-state index is 13.0. The molecule has 0 aromatic heterocycles. The minimum absolute atomic E-state index is 0.00184. The van der Waals surface area contributed by atoms with Crippen LogP contribution < -0.4 is 21.3 Å². The summed E-state index contributed by atoms with van der Waals surface area (Å²) in [5, 5.41) is 139. The summed E-state index contributed by atoms with van der Waals surface area (Å²) < 4.78 is 115. The number of hydrogen-bond acceptors (Lipinski definition) is 28. The van der Waals surface area contributed by atoms with Gasteiger partial charge in [-0.15, -0.1) is 0 Å². The van der Waals surface area contributed by atoms with Gasteiger partial charge in [0.15, 0.2) is 24.0 Å². The van der Waals surface area contributed by atoms with Crippen molar-refractivity contribution in [1.82, 2.24) is 16.0 Å². The summed E-state index contributed by atoms with van der Waals surface area (Å²) in [6.45, 7) is 0.659. The van der Waals surface area contributed by atoms with Crippen molar-refractivity contribution in [3.05, 3.63) is 30.3 Å². The SMILES string of the molecule is CC(=O)NC1C(OCCCCCCCCC(=O)CCCNC(=S)NCC(=O)Nc2ccc(S(=O)(=O)O)c3cccc(S(=O)(=O)O)c23)OC(CO)C(OC2OC(CO)C(O)C(OC3(C(=O)O)CC(O)C(C)C([C@H](O)[C@H](O)CO)O3)C2O)C1OC1OC(C)C(O)C(O)C1O. The van der Waals surface area contributed by atoms with Crippen molar-refractivity contribution >= 4 is 77.6 Å². The zero-order valence-corrected chi connectivity index (χ0v) is 52.7. The van der Waals surface area contributed by atoms with Gasteiger partial charge in [0, 0.05) is 56.0 Å². The highest BCUT2D eigenvalue weighted by atomic mass is 32.2. The zero-order valence-electron chi connectivity index (χ0n) is 50.3. The highest BCUT2D eigenvalue weighted by molar-refractivity contribution is 7.86. The van der Waals surface area contributed by atoms with Gasteiger partial charge in [0.05, 0.1) is 50.4 Å². The maximum absolute atomic E-state index is 13.0. The monoisotopic (exact) mass is 1380 g/mol. The number of nitrogens with one attached hydrogen (secondary N) is 4. The molecule has 0 spiro atoms. The lowest BCUT2D eigenvalue weighted by atomic mass is 9.84. The van der Waals surface area contributed by atoms with Gasteiger partial charge in [-0.1, -0.05) is 44.7 Å². The number of Topliss-reactive ketones (excluding diaryl/α,β-unsaturated/α-hetero) is 1. The van der Waals surface area contributed by atoms with Crippen LogP contribution in [0.1, 0.15) is 85.0 Å². The van der Waals surface area contributed by atoms with Crippen LogP contribution in [0.15, 0.2) is 40.1 Å². The molecule has 2 amide bonds. The van der Waals surface area contributed by atoms with Crippen LogP contribution in [0.5, 0.6) is 0 Å². The number of hydrogen-bond donors (Lipinski definition) is 18. The molecule has 34 nitrogen and oxygen atoms in total. The number of aliphatic carboxylic acids is 1. The quantitative estimate of drug-likeness (QED) is 0.0187. The number of carbonyl (C=O) groups excluding carboxylic acids is 3. The van der Waals surface area contributed by atoms with Gasteiger partial charge in [-0.05, 0) is 56.6 Å². The number of benzene rings is 2. The Labute approximate surface area is 533 Å². The smallest absolute Gasteiger partial charge is 0.364 e. The first kappa shape index (κ1) is 76.5. The number of anilines is 1. The van der Waals surface area contributed by atoms with Crippen LogP contribution in [0.25, 0.3) is 10.8 Å². The first-order valence-electron chi connectivity index (χ1n) is 29.6. The number of amides is 2. The molecule has 4 fully saturated rings. The number of carboxylic acid groups (broad SMARTS) is 1. The van der Waals surface area contributed by atoms with Crippen molar-refractivity contribution in [1.29, 1.82) is 0 Å². The fourth-order valence-electron chi connectivity index (χ4n) is 11.1. The summed E-state index contributed by atoms with van der Waals surface area (Å²) in [5.41, 5.74) is -0.183. The third kappa shape index (κ3) is 19.4. The molecule has 4 aliphatic heterocycles. The van der Waals surface area contributed by atoms with Gasteiger partial charge in [0.25, 0.3) is 26.0 Å². The molecule has 6 rings (SSSR count). The molecule has 0 saturated carbocycles. The standard InChI is InChI=1S/C55H84N4O30S3/c1-25-31(65)20-55(53(74)75,88-46(25)41(69)32(66)22-60)89-49-42(70)33(23-61)84-52(45(49)73)86-47-34(24-62)85-50(39(58-27(3)63)48(47)87-51-44(72)43(71)40(68)26(2)83-51)82-19-9-7-5-4-6-8-12-28(64)13-11-18-56-54(90)57-21-37(67)59-30-16-17-35(91(76,77)78)29-14-10-15-36(38(29)30)92(79,80)81/h10,14-17,25-26,31-34,39-52,60-62,65-66,68-73H,4-9,11-13,18-24H2,1-3H3,(H,58,63)(H,59,67)(H,74,75)(H2,56,57,90)(H,76,77,78)(H,79,80,81)/t25?,26?,31?,32-,33?,34?,39?,40?,41-,42?,43?,44?,45?,46?,47?,48?,49?,50?,51?,52?,55?/m1/s1. The molecular weight excluding hydrogens is 1290 g/mol. The van der Waals surface area contributed by atoms with E-state index in [1.54, 1.807) is 0 Å². The molecule has 37 heteroatoms. The Morgan fingerprint density at radius 2 is 1.34 bits per heavy atom. The van der Waals surface area contributed by atoms with E-state index in [0.717, 1.165) is 37.6 Å². The Morgan fingerprint density at radius 1 is 0.717 bits per heavy atom. The van der Waals surface area contributed by atoms with E-state index in [2.05, 4.69) is 21.3 Å². The van der Waals surface area contributed by atoms with Crippen LogP contribution in [-0.4, -0.2) is 278 Å². The Balaban J connectivity index is 1.01. The molecule has 4 saturated heterocycles. The maximum Gasteiger partial charge on any atom is 0.364 e. The molecule has 0 aliphatic carbocycles. The van der Waals surface area contributed by atoms with Gasteiger partial charge in [0.2, 0.25) is 11.8 Å². The Bertz CT molecular complexity index is 3050. The molecule has 18 N–H and O–H groups in total. The zero-order chi connectivity index (χ0) is 68.2. The van der Waals surface area contributed by atoms with Crippen molar-refractivity contribution in [2.24, 2.45) is 5.92 Å². The van der Waals surface area contributed by atoms with Crippen LogP contribution in [0, 0.1) is 5.92 Å². The lowest BCUT2D eigenvalue weighted by Crippen LogP contribution is -2.70. The molecule has 4 aliphatic rings. The second-order valence-electron chi connectivity index (χ2n) is 22.9. The van der Waals surface area contributed by atoms with Gasteiger partial charge >= 0.3 is 5.97 Å². The normalized spacial score (nSPS) is 32.7. The fourth-order valence-corrected chi connectivity index (χ4v) is 12.7. The number of carboxylic acids is 1. The Hall–Kier alpha value is -4.47. The topological polar surface area (TPSA) is 542 Å². The highest BCUT2D eigenvalue weighted by Crippen LogP contribution is 2.41. The van der Waals surface area contributed by atoms with Crippen molar-refractivity contribution in [3.8, 4) is 0 Å². The van der Waals surface area contributed by atoms with Crippen LogP contribution in [0.4, 0.5) is 5.69 Å². The summed E-state index contributed by atoms with van der Waals surface area (Å²) in [6, 6.07) is 3.85. The van der Waals surface area contributed by atoms with E-state index >= 15 is 0 Å². The number of aliphatic hydroxyl groups is 11. The molecule has 19 unspecified atom stereocenters. The molecular formula is C55H84N4O30S3. The fraction of sp³-hybridized carbons (Fsp3) is 0.727. The van der Waals surface area contributed by atoms with Gasteiger partial charge in [-0.25, -0.2) is 4.79 Å². The molecule has 4 heterocycles. The second-order valence-corrected chi connectivity index (χ2v) is 26.1. The van der Waals surface area contributed by atoms with Crippen LogP contribution >= 0.6 is 12.2 Å². The number of carbonyl (C=O) groups is 4. The first-order valence-corrected chi connectivity index (χ1v) is 32.9. The number of fused-ring (bicyclic) bond motifs is 1. The molecule has 522 valence electrons. The van der Waals surface area contributed by atoms with Crippen LogP contribution in [0.2, 0.25) is 0 Å². The minimum Gasteiger partial charge on any atom is -0.477 e. The number of thiocarbonyl (C=S) groups is 1. The Kier molecular flexibility index (Phi) is 28.3. The average Bonchev–Trinajstić information content (AvgIpc) is 0.770. The van der Waals surface area contributed by atoms with E-state index < -0.39 is 209 Å². The third-order valence-corrected chi connectivity index (χ3v) is 18.3. The van der Waals surface area contributed by atoms with E-state index in [9.17, 15) is 106 Å². The summed E-state index contributed by atoms with van der Waals surface area (Å²) >= 11 is 5.23. The number of ketones is 1. The van der Waals surface area contributed by atoms with Crippen LogP contribution in [-0.2, 0) is 77.3 Å². The minimum atomic E-state index is -4.92. The van der Waals surface area contributed by atoms with Crippen molar-refractivity contribution < 1.29 is 144 Å². The van der Waals surface area contributed by atoms with Crippen molar-refractivity contribution in [2.45, 2.75) is 217 Å². The van der Waals surface area contributed by atoms with Gasteiger partial charge in [-0.3, -0.25) is 23.5 Å². The highest BCUT2D eigenvalue weighted by Gasteiger charge is 2.60. The second kappa shape index (κ2) is 34.0. The van der Waals surface area contributed by atoms with E-state index in [1.165, 1.54) is 19.9 Å². The third-order valence-electron chi connectivity index (χ3n) is 16.2. The summed E-state index contributed by atoms with van der Waals surface area (Å²) in [4.78, 5) is 50.1. The average molecular weight is 1380 g/mol. The lowest BCUT2D eigenvalue weighted by Gasteiger charge is -2.51. The van der Waals surface area contributed by atoms with Crippen molar-refractivity contribution in [3.63, 3.8) is 0 Å². The molecule has 21 atom stereocenters. The summed E-state index contributed by atoms with van der Waals surface area (Å²) in [6.07, 6.45) is -28.8. The predicted molar refractivity (Wildman–Crippen MR) is 316 cm³/mol. The summed E-state index contributed by atoms with van der Waals surface area (Å²) in [5.74, 6) is -7.48. The summed E-state index contributed by atoms with van der Waals surface area (Å²) in [7, 11) is -9.76. The van der Waals surface area contributed by atoms with Crippen molar-refractivity contribution in [2.75, 3.05) is 44.8 Å². The van der Waals surface area contributed by atoms with Crippen LogP contribution in [0.3, 0.4) is 0 Å². The van der Waals surface area contributed by atoms with Gasteiger partial charge in [-0.2, -0.15) is 16.8 Å². The largest absolute Gasteiger partial charge is 0.477 e. The number of ether oxygens (including phenoxy) is 8. The molecule has 2 aromatic rings. The molecule has 2 aromatic carbocycles. The number of rotatable bonds is 32. The van der Waals surface area contributed by atoms with E-state index in [-0.39, 0.29) is 46.9 Å². The molecule has 0 radical (unpaired) electrons. The van der Waals surface area contributed by atoms with Gasteiger partial charge < -0.3 is 120 Å². The van der Waals surface area contributed by atoms with E-state index in [1.807, 2.05) is 0 Å². The lowest BCUT2D eigenvalue weighted by molar-refractivity contribution is -0.392. The molecule has 92 heavy (non-hydrogen) atoms. The predicted octanol–water partition coefficient (Wildman–Crippen LogP) is -4.24. The number of unbranched alkanes of at least 4 members (excludes halogenated alkanes) is 5. The molecule has 0 bridgehead atoms. The number of aliphatic hydroxyl groups excluding tert-OH is 11. The Morgan fingerprint density at radius 3 is 1.97 bits per heavy atom.